The molecule has 1 rings (SSSR count). The van der Waals surface area contributed by atoms with Crippen LogP contribution in [0.4, 0.5) is 0 Å². The van der Waals surface area contributed by atoms with Gasteiger partial charge in [-0.15, -0.1) is 6.58 Å². The van der Waals surface area contributed by atoms with Crippen LogP contribution in [-0.2, 0) is 6.42 Å². The quantitative estimate of drug-likeness (QED) is 0.732. The second-order valence-corrected chi connectivity index (χ2v) is 4.79. The first-order chi connectivity index (χ1) is 8.13. The monoisotopic (exact) mass is 232 g/mol. The summed E-state index contributed by atoms with van der Waals surface area (Å²) in [5, 5.41) is 0. The number of hydrogen-bond donors (Lipinski definition) is 1. The molecule has 0 aliphatic carbocycles. The van der Waals surface area contributed by atoms with Crippen molar-refractivity contribution in [3.8, 4) is 0 Å². The van der Waals surface area contributed by atoms with Crippen molar-refractivity contribution in [3.05, 3.63) is 48.6 Å². The van der Waals surface area contributed by atoms with Crippen LogP contribution in [0.2, 0.25) is 0 Å². The summed E-state index contributed by atoms with van der Waals surface area (Å²) in [5.41, 5.74) is 7.51. The molecule has 0 saturated carbocycles. The number of benzene rings is 1. The third-order valence-electron chi connectivity index (χ3n) is 2.90. The molecule has 1 aromatic rings. The lowest BCUT2D eigenvalue weighted by Crippen LogP contribution is -2.42. The lowest BCUT2D eigenvalue weighted by Gasteiger charge is -2.28. The van der Waals surface area contributed by atoms with E-state index in [1.54, 1.807) is 0 Å². The fourth-order valence-corrected chi connectivity index (χ4v) is 1.94. The van der Waals surface area contributed by atoms with Crippen molar-refractivity contribution in [2.24, 2.45) is 5.73 Å². The summed E-state index contributed by atoms with van der Waals surface area (Å²) < 4.78 is 0. The van der Waals surface area contributed by atoms with Crippen LogP contribution in [-0.4, -0.2) is 30.1 Å². The molecule has 1 aromatic carbocycles. The molecule has 0 radical (unpaired) electrons. The Labute approximate surface area is 105 Å². The predicted octanol–water partition coefficient (Wildman–Crippen LogP) is 2.45. The Balaban J connectivity index is 2.47. The second kappa shape index (κ2) is 7.25. The van der Waals surface area contributed by atoms with Crippen LogP contribution in [0.5, 0.6) is 0 Å². The summed E-state index contributed by atoms with van der Waals surface area (Å²) in [7, 11) is 0. The molecule has 0 heterocycles. The molecule has 0 aliphatic heterocycles. The van der Waals surface area contributed by atoms with E-state index in [-0.39, 0.29) is 6.04 Å². The minimum atomic E-state index is 0.180. The van der Waals surface area contributed by atoms with Gasteiger partial charge in [0.05, 0.1) is 0 Å². The first-order valence-electron chi connectivity index (χ1n) is 6.28. The molecule has 0 spiro atoms. The summed E-state index contributed by atoms with van der Waals surface area (Å²) in [6.45, 7) is 10.00. The van der Waals surface area contributed by atoms with Gasteiger partial charge >= 0.3 is 0 Å². The first-order valence-corrected chi connectivity index (χ1v) is 6.28. The van der Waals surface area contributed by atoms with Crippen LogP contribution in [0.3, 0.4) is 0 Å². The lowest BCUT2D eigenvalue weighted by molar-refractivity contribution is 0.230. The average molecular weight is 232 g/mol. The van der Waals surface area contributed by atoms with E-state index in [0.717, 1.165) is 19.5 Å². The van der Waals surface area contributed by atoms with Gasteiger partial charge in [-0.2, -0.15) is 0 Å². The zero-order chi connectivity index (χ0) is 12.7. The standard InChI is InChI=1S/C15H24N2/c1-4-10-17(13(2)3)12-15(16)11-14-8-6-5-7-9-14/h4-9,13,15H,1,10-12,16H2,2-3H3. The number of rotatable bonds is 7. The number of nitrogens with two attached hydrogens (primary N) is 1. The summed E-state index contributed by atoms with van der Waals surface area (Å²) in [5.74, 6) is 0. The molecule has 0 amide bonds. The highest BCUT2D eigenvalue weighted by Gasteiger charge is 2.12. The zero-order valence-electron chi connectivity index (χ0n) is 11.0. The molecule has 1 unspecified atom stereocenters. The lowest BCUT2D eigenvalue weighted by atomic mass is 10.1. The van der Waals surface area contributed by atoms with Gasteiger partial charge in [-0.25, -0.2) is 0 Å². The molecule has 2 N–H and O–H groups in total. The van der Waals surface area contributed by atoms with E-state index in [1.807, 2.05) is 12.1 Å². The van der Waals surface area contributed by atoms with Crippen molar-refractivity contribution in [2.75, 3.05) is 13.1 Å². The van der Waals surface area contributed by atoms with Gasteiger partial charge in [-0.05, 0) is 25.8 Å². The molecular weight excluding hydrogens is 208 g/mol. The number of nitrogens with zero attached hydrogens (tertiary/aromatic N) is 1. The Bertz CT molecular complexity index is 319. The summed E-state index contributed by atoms with van der Waals surface area (Å²) in [6, 6.07) is 11.1. The van der Waals surface area contributed by atoms with Crippen LogP contribution in [0.15, 0.2) is 43.0 Å². The first kappa shape index (κ1) is 13.9. The van der Waals surface area contributed by atoms with Gasteiger partial charge in [-0.3, -0.25) is 4.90 Å². The van der Waals surface area contributed by atoms with E-state index in [1.165, 1.54) is 5.56 Å². The highest BCUT2D eigenvalue weighted by atomic mass is 15.2. The van der Waals surface area contributed by atoms with Gasteiger partial charge in [0.1, 0.15) is 0 Å². The van der Waals surface area contributed by atoms with Crippen molar-refractivity contribution in [1.82, 2.24) is 4.90 Å². The maximum absolute atomic E-state index is 6.20. The Morgan fingerprint density at radius 1 is 1.29 bits per heavy atom. The van der Waals surface area contributed by atoms with Crippen LogP contribution >= 0.6 is 0 Å². The smallest absolute Gasteiger partial charge is 0.0208 e. The third kappa shape index (κ3) is 5.16. The van der Waals surface area contributed by atoms with Crippen molar-refractivity contribution in [2.45, 2.75) is 32.4 Å². The molecule has 17 heavy (non-hydrogen) atoms. The second-order valence-electron chi connectivity index (χ2n) is 4.79. The fraction of sp³-hybridized carbons (Fsp3) is 0.467. The van der Waals surface area contributed by atoms with Gasteiger partial charge < -0.3 is 5.73 Å². The van der Waals surface area contributed by atoms with Crippen LogP contribution in [0, 0.1) is 0 Å². The highest BCUT2D eigenvalue weighted by molar-refractivity contribution is 5.15. The molecule has 2 nitrogen and oxygen atoms in total. The Morgan fingerprint density at radius 3 is 2.47 bits per heavy atom. The topological polar surface area (TPSA) is 29.3 Å². The predicted molar refractivity (Wildman–Crippen MR) is 75.0 cm³/mol. The molecule has 0 aromatic heterocycles. The van der Waals surface area contributed by atoms with Crippen LogP contribution < -0.4 is 5.73 Å². The Hall–Kier alpha value is -1.12. The Kier molecular flexibility index (Phi) is 5.95. The average Bonchev–Trinajstić information content (AvgIpc) is 2.29. The highest BCUT2D eigenvalue weighted by Crippen LogP contribution is 2.05. The maximum Gasteiger partial charge on any atom is 0.0208 e. The molecule has 1 atom stereocenters. The summed E-state index contributed by atoms with van der Waals surface area (Å²) in [4.78, 5) is 2.35. The van der Waals surface area contributed by atoms with Gasteiger partial charge in [-0.1, -0.05) is 36.4 Å². The van der Waals surface area contributed by atoms with Crippen LogP contribution in [0.25, 0.3) is 0 Å². The van der Waals surface area contributed by atoms with E-state index in [9.17, 15) is 0 Å². The van der Waals surface area contributed by atoms with E-state index < -0.39 is 0 Å². The van der Waals surface area contributed by atoms with Gasteiger partial charge in [0.2, 0.25) is 0 Å². The van der Waals surface area contributed by atoms with Crippen molar-refractivity contribution in [3.63, 3.8) is 0 Å². The Morgan fingerprint density at radius 2 is 1.94 bits per heavy atom. The molecule has 0 bridgehead atoms. The minimum absolute atomic E-state index is 0.180. The van der Waals surface area contributed by atoms with E-state index in [4.69, 9.17) is 5.73 Å². The molecule has 0 fully saturated rings. The molecule has 2 heteroatoms. The van der Waals surface area contributed by atoms with Gasteiger partial charge in [0.15, 0.2) is 0 Å². The van der Waals surface area contributed by atoms with E-state index in [2.05, 4.69) is 49.6 Å². The molecular formula is C15H24N2. The minimum Gasteiger partial charge on any atom is -0.326 e. The maximum atomic E-state index is 6.20. The third-order valence-corrected chi connectivity index (χ3v) is 2.90. The fourth-order valence-electron chi connectivity index (χ4n) is 1.94. The van der Waals surface area contributed by atoms with Crippen molar-refractivity contribution in [1.29, 1.82) is 0 Å². The summed E-state index contributed by atoms with van der Waals surface area (Å²) in [6.07, 6.45) is 2.87. The van der Waals surface area contributed by atoms with E-state index >= 15 is 0 Å². The molecule has 0 aliphatic rings. The SMILES string of the molecule is C=CCN(CC(N)Cc1ccccc1)C(C)C. The zero-order valence-corrected chi connectivity index (χ0v) is 11.0. The van der Waals surface area contributed by atoms with E-state index in [0.29, 0.717) is 6.04 Å². The largest absolute Gasteiger partial charge is 0.326 e. The normalized spacial score (nSPS) is 13.0. The summed E-state index contributed by atoms with van der Waals surface area (Å²) >= 11 is 0. The van der Waals surface area contributed by atoms with Crippen LogP contribution in [0.1, 0.15) is 19.4 Å². The van der Waals surface area contributed by atoms with Gasteiger partial charge in [0.25, 0.3) is 0 Å². The van der Waals surface area contributed by atoms with Crippen molar-refractivity contribution < 1.29 is 0 Å². The molecule has 94 valence electrons. The van der Waals surface area contributed by atoms with Gasteiger partial charge in [0, 0.05) is 25.2 Å². The van der Waals surface area contributed by atoms with Crippen molar-refractivity contribution >= 4 is 0 Å². The molecule has 0 saturated heterocycles. The number of hydrogen-bond acceptors (Lipinski definition) is 2.